The van der Waals surface area contributed by atoms with E-state index in [1.807, 2.05) is 12.1 Å². The van der Waals surface area contributed by atoms with Gasteiger partial charge in [-0.2, -0.15) is 5.26 Å². The third kappa shape index (κ3) is 1.38. The van der Waals surface area contributed by atoms with Gasteiger partial charge in [0.15, 0.2) is 0 Å². The molecule has 3 N–H and O–H groups in total. The van der Waals surface area contributed by atoms with Gasteiger partial charge in [-0.1, -0.05) is 6.07 Å². The Labute approximate surface area is 103 Å². The van der Waals surface area contributed by atoms with Gasteiger partial charge in [-0.15, -0.1) is 0 Å². The van der Waals surface area contributed by atoms with Crippen LogP contribution in [-0.4, -0.2) is 15.5 Å². The Balaban J connectivity index is 2.10. The molecule has 0 aliphatic carbocycles. The van der Waals surface area contributed by atoms with Gasteiger partial charge >= 0.3 is 0 Å². The van der Waals surface area contributed by atoms with E-state index in [-0.39, 0.29) is 5.91 Å². The van der Waals surface area contributed by atoms with E-state index in [9.17, 15) is 4.79 Å². The highest BCUT2D eigenvalue weighted by atomic mass is 16.2. The number of aromatic nitrogens is 2. The Morgan fingerprint density at radius 3 is 3.11 bits per heavy atom. The Bertz CT molecular complexity index is 682. The highest BCUT2D eigenvalue weighted by Gasteiger charge is 2.27. The smallest absolute Gasteiger partial charge is 0.245 e. The summed E-state index contributed by atoms with van der Waals surface area (Å²) in [4.78, 5) is 15.4. The number of nitrogens with zero attached hydrogens (tertiary/aromatic N) is 3. The number of nitriles is 1. The van der Waals surface area contributed by atoms with Gasteiger partial charge < -0.3 is 11.1 Å². The molecule has 0 saturated heterocycles. The van der Waals surface area contributed by atoms with Crippen molar-refractivity contribution in [1.82, 2.24) is 9.55 Å². The van der Waals surface area contributed by atoms with Crippen LogP contribution in [0.4, 0.5) is 5.69 Å². The molecule has 1 aromatic carbocycles. The van der Waals surface area contributed by atoms with Crippen LogP contribution in [0.15, 0.2) is 30.6 Å². The quantitative estimate of drug-likeness (QED) is 0.765. The van der Waals surface area contributed by atoms with Crippen molar-refractivity contribution in [3.05, 3.63) is 42.0 Å². The van der Waals surface area contributed by atoms with E-state index in [1.165, 1.54) is 0 Å². The molecule has 6 heteroatoms. The normalized spacial score (nSPS) is 17.1. The summed E-state index contributed by atoms with van der Waals surface area (Å²) in [6.07, 6.45) is 3.24. The molecule has 1 aliphatic rings. The van der Waals surface area contributed by atoms with Gasteiger partial charge in [0, 0.05) is 29.3 Å². The third-order valence-electron chi connectivity index (χ3n) is 2.93. The molecule has 0 radical (unpaired) electrons. The molecule has 1 amide bonds. The van der Waals surface area contributed by atoms with Crippen molar-refractivity contribution in [2.75, 3.05) is 5.32 Å². The maximum Gasteiger partial charge on any atom is 0.245 e. The fraction of sp³-hybridized carbons (Fsp3) is 0.0833. The van der Waals surface area contributed by atoms with Crippen molar-refractivity contribution in [3.63, 3.8) is 0 Å². The van der Waals surface area contributed by atoms with Crippen LogP contribution in [0.5, 0.6) is 0 Å². The topological polar surface area (TPSA) is 96.7 Å². The minimum Gasteiger partial charge on any atom is -0.324 e. The summed E-state index contributed by atoms with van der Waals surface area (Å²) in [6, 6.07) is 6.75. The minimum atomic E-state index is -0.618. The molecule has 0 saturated carbocycles. The van der Waals surface area contributed by atoms with Crippen LogP contribution in [0.3, 0.4) is 0 Å². The standard InChI is InChI=1S/C12H9N5O/c13-6-10-15-3-4-17(10)7-1-2-8-9(5-7)16-12(18)11(8)14/h1-5,11H,14H2,(H,16,18). The van der Waals surface area contributed by atoms with Crippen LogP contribution in [0.2, 0.25) is 0 Å². The Kier molecular flexibility index (Phi) is 2.15. The summed E-state index contributed by atoms with van der Waals surface area (Å²) in [6.45, 7) is 0. The lowest BCUT2D eigenvalue weighted by Crippen LogP contribution is -2.19. The average Bonchev–Trinajstić information content (AvgIpc) is 2.95. The second-order valence-corrected chi connectivity index (χ2v) is 3.97. The number of hydrogen-bond acceptors (Lipinski definition) is 4. The first-order valence-corrected chi connectivity index (χ1v) is 5.35. The first-order chi connectivity index (χ1) is 8.70. The first kappa shape index (κ1) is 10.5. The molecule has 2 heterocycles. The van der Waals surface area contributed by atoms with Crippen molar-refractivity contribution in [2.45, 2.75) is 6.04 Å². The molecule has 6 nitrogen and oxygen atoms in total. The SMILES string of the molecule is N#Cc1nccn1-c1ccc2c(c1)NC(=O)C2N. The summed E-state index contributed by atoms with van der Waals surface area (Å²) in [5, 5.41) is 11.6. The van der Waals surface area contributed by atoms with E-state index < -0.39 is 6.04 Å². The van der Waals surface area contributed by atoms with Crippen molar-refractivity contribution >= 4 is 11.6 Å². The molecule has 1 aromatic heterocycles. The van der Waals surface area contributed by atoms with Gasteiger partial charge in [0.2, 0.25) is 11.7 Å². The number of hydrogen-bond donors (Lipinski definition) is 2. The summed E-state index contributed by atoms with van der Waals surface area (Å²) >= 11 is 0. The second kappa shape index (κ2) is 3.68. The van der Waals surface area contributed by atoms with Gasteiger partial charge in [0.05, 0.1) is 0 Å². The Morgan fingerprint density at radius 1 is 1.50 bits per heavy atom. The molecular formula is C12H9N5O. The number of nitrogens with one attached hydrogen (secondary N) is 1. The largest absolute Gasteiger partial charge is 0.324 e. The summed E-state index contributed by atoms with van der Waals surface area (Å²) < 4.78 is 1.65. The van der Waals surface area contributed by atoms with E-state index in [0.29, 0.717) is 11.5 Å². The highest BCUT2D eigenvalue weighted by Crippen LogP contribution is 2.31. The van der Waals surface area contributed by atoms with Gasteiger partial charge in [0.25, 0.3) is 0 Å². The molecule has 2 aromatic rings. The number of benzene rings is 1. The van der Waals surface area contributed by atoms with E-state index >= 15 is 0 Å². The second-order valence-electron chi connectivity index (χ2n) is 3.97. The summed E-state index contributed by atoms with van der Waals surface area (Å²) in [5.41, 5.74) is 7.94. The lowest BCUT2D eigenvalue weighted by Gasteiger charge is -2.06. The van der Waals surface area contributed by atoms with Crippen LogP contribution in [-0.2, 0) is 4.79 Å². The molecule has 0 fully saturated rings. The predicted octanol–water partition coefficient (Wildman–Crippen LogP) is 0.696. The summed E-state index contributed by atoms with van der Waals surface area (Å²) in [7, 11) is 0. The highest BCUT2D eigenvalue weighted by molar-refractivity contribution is 6.02. The molecule has 0 bridgehead atoms. The third-order valence-corrected chi connectivity index (χ3v) is 2.93. The zero-order valence-corrected chi connectivity index (χ0v) is 9.29. The first-order valence-electron chi connectivity index (χ1n) is 5.35. The molecular weight excluding hydrogens is 230 g/mol. The Morgan fingerprint density at radius 2 is 2.33 bits per heavy atom. The van der Waals surface area contributed by atoms with Crippen LogP contribution in [0.1, 0.15) is 17.4 Å². The van der Waals surface area contributed by atoms with Crippen LogP contribution < -0.4 is 11.1 Å². The van der Waals surface area contributed by atoms with Gasteiger partial charge in [-0.25, -0.2) is 4.98 Å². The van der Waals surface area contributed by atoms with Gasteiger partial charge in [-0.05, 0) is 12.1 Å². The van der Waals surface area contributed by atoms with Crippen molar-refractivity contribution in [3.8, 4) is 11.8 Å². The fourth-order valence-electron chi connectivity index (χ4n) is 2.02. The van der Waals surface area contributed by atoms with Gasteiger partial charge in [-0.3, -0.25) is 9.36 Å². The number of carbonyl (C=O) groups is 1. The average molecular weight is 239 g/mol. The van der Waals surface area contributed by atoms with E-state index in [1.54, 1.807) is 29.1 Å². The van der Waals surface area contributed by atoms with E-state index in [2.05, 4.69) is 10.3 Å². The number of nitrogens with two attached hydrogens (primary N) is 1. The van der Waals surface area contributed by atoms with E-state index in [4.69, 9.17) is 11.0 Å². The maximum atomic E-state index is 11.4. The molecule has 0 spiro atoms. The van der Waals surface area contributed by atoms with Crippen molar-refractivity contribution < 1.29 is 4.79 Å². The lowest BCUT2D eigenvalue weighted by atomic mass is 10.1. The van der Waals surface area contributed by atoms with Crippen LogP contribution in [0, 0.1) is 11.3 Å². The number of imidazole rings is 1. The van der Waals surface area contributed by atoms with Crippen LogP contribution in [0.25, 0.3) is 5.69 Å². The molecule has 1 unspecified atom stereocenters. The molecule has 18 heavy (non-hydrogen) atoms. The van der Waals surface area contributed by atoms with Crippen LogP contribution >= 0.6 is 0 Å². The number of amides is 1. The zero-order valence-electron chi connectivity index (χ0n) is 9.29. The number of carbonyl (C=O) groups excluding carboxylic acids is 1. The number of rotatable bonds is 1. The molecule has 1 aliphatic heterocycles. The monoisotopic (exact) mass is 239 g/mol. The fourth-order valence-corrected chi connectivity index (χ4v) is 2.02. The maximum absolute atomic E-state index is 11.4. The van der Waals surface area contributed by atoms with Gasteiger partial charge in [0.1, 0.15) is 12.1 Å². The predicted molar refractivity (Wildman–Crippen MR) is 63.8 cm³/mol. The van der Waals surface area contributed by atoms with Crippen molar-refractivity contribution in [1.29, 1.82) is 5.26 Å². The Hall–Kier alpha value is -2.65. The molecule has 1 atom stereocenters. The minimum absolute atomic E-state index is 0.215. The summed E-state index contributed by atoms with van der Waals surface area (Å²) in [5.74, 6) is 0.0804. The van der Waals surface area contributed by atoms with E-state index in [0.717, 1.165) is 11.3 Å². The number of fused-ring (bicyclic) bond motifs is 1. The molecule has 3 rings (SSSR count). The number of anilines is 1. The zero-order chi connectivity index (χ0) is 12.7. The van der Waals surface area contributed by atoms with Crippen molar-refractivity contribution in [2.24, 2.45) is 5.73 Å². The molecule has 88 valence electrons. The lowest BCUT2D eigenvalue weighted by molar-refractivity contribution is -0.116.